The van der Waals surface area contributed by atoms with Crippen molar-refractivity contribution < 1.29 is 14.5 Å². The van der Waals surface area contributed by atoms with Gasteiger partial charge in [0.25, 0.3) is 5.69 Å². The molecule has 1 atom stereocenters. The highest BCUT2D eigenvalue weighted by Gasteiger charge is 2.31. The van der Waals surface area contributed by atoms with Gasteiger partial charge in [0.05, 0.1) is 11.5 Å². The van der Waals surface area contributed by atoms with E-state index >= 15 is 0 Å². The lowest BCUT2D eigenvalue weighted by molar-refractivity contribution is -0.385. The maximum atomic E-state index is 11.8. The highest BCUT2D eigenvalue weighted by atomic mass is 16.6. The second-order valence-electron chi connectivity index (χ2n) is 4.33. The van der Waals surface area contributed by atoms with E-state index in [1.54, 1.807) is 25.1 Å². The molecule has 2 rings (SSSR count). The number of nitro groups is 1. The lowest BCUT2D eigenvalue weighted by atomic mass is 9.91. The second-order valence-corrected chi connectivity index (χ2v) is 4.33. The van der Waals surface area contributed by atoms with Crippen molar-refractivity contribution >= 4 is 11.7 Å². The summed E-state index contributed by atoms with van der Waals surface area (Å²) in [5, 5.41) is 11.1. The van der Waals surface area contributed by atoms with Crippen molar-refractivity contribution in [3.8, 4) is 0 Å². The molecule has 5 nitrogen and oxygen atoms in total. The Morgan fingerprint density at radius 3 is 2.89 bits per heavy atom. The highest BCUT2D eigenvalue weighted by Crippen LogP contribution is 2.39. The molecule has 1 unspecified atom stereocenters. The number of para-hydroxylation sites is 1. The standard InChI is InChI=1S/C14H15NO4/c1-2-19-14(16)12-8-5-7-10(12)11-6-3-4-9-13(11)15(17)18/h3-4,6,8-10H,2,5,7H2,1H3. The predicted molar refractivity (Wildman–Crippen MR) is 69.8 cm³/mol. The number of nitrogens with zero attached hydrogens (tertiary/aromatic N) is 1. The van der Waals surface area contributed by atoms with Crippen molar-refractivity contribution in [2.75, 3.05) is 6.61 Å². The lowest BCUT2D eigenvalue weighted by Crippen LogP contribution is -2.13. The summed E-state index contributed by atoms with van der Waals surface area (Å²) < 4.78 is 5.00. The van der Waals surface area contributed by atoms with Crippen LogP contribution < -0.4 is 0 Å². The number of allylic oxidation sites excluding steroid dienone is 1. The zero-order valence-corrected chi connectivity index (χ0v) is 10.7. The fourth-order valence-electron chi connectivity index (χ4n) is 2.41. The molecular weight excluding hydrogens is 246 g/mol. The van der Waals surface area contributed by atoms with E-state index in [0.29, 0.717) is 24.2 Å². The van der Waals surface area contributed by atoms with E-state index in [4.69, 9.17) is 4.74 Å². The van der Waals surface area contributed by atoms with Crippen LogP contribution in [0.25, 0.3) is 0 Å². The van der Waals surface area contributed by atoms with Crippen LogP contribution in [0.5, 0.6) is 0 Å². The first-order valence-corrected chi connectivity index (χ1v) is 6.25. The number of hydrogen-bond acceptors (Lipinski definition) is 4. The molecule has 0 radical (unpaired) electrons. The first-order chi connectivity index (χ1) is 9.15. The number of benzene rings is 1. The largest absolute Gasteiger partial charge is 0.463 e. The summed E-state index contributed by atoms with van der Waals surface area (Å²) in [4.78, 5) is 22.5. The van der Waals surface area contributed by atoms with E-state index in [-0.39, 0.29) is 17.6 Å². The molecule has 19 heavy (non-hydrogen) atoms. The number of hydrogen-bond donors (Lipinski definition) is 0. The Morgan fingerprint density at radius 1 is 1.47 bits per heavy atom. The molecular formula is C14H15NO4. The maximum absolute atomic E-state index is 11.8. The van der Waals surface area contributed by atoms with Crippen LogP contribution in [0, 0.1) is 10.1 Å². The summed E-state index contributed by atoms with van der Waals surface area (Å²) >= 11 is 0. The number of ether oxygens (including phenoxy) is 1. The van der Waals surface area contributed by atoms with Gasteiger partial charge < -0.3 is 4.74 Å². The Kier molecular flexibility index (Phi) is 3.94. The minimum Gasteiger partial charge on any atom is -0.463 e. The summed E-state index contributed by atoms with van der Waals surface area (Å²) in [6, 6.07) is 6.56. The molecule has 0 heterocycles. The van der Waals surface area contributed by atoms with Gasteiger partial charge in [0.15, 0.2) is 0 Å². The van der Waals surface area contributed by atoms with Crippen LogP contribution in [0.4, 0.5) is 5.69 Å². The number of carbonyl (C=O) groups excluding carboxylic acids is 1. The Labute approximate surface area is 111 Å². The molecule has 0 N–H and O–H groups in total. The van der Waals surface area contributed by atoms with Gasteiger partial charge in [-0.2, -0.15) is 0 Å². The van der Waals surface area contributed by atoms with E-state index in [9.17, 15) is 14.9 Å². The summed E-state index contributed by atoms with van der Waals surface area (Å²) in [5.74, 6) is -0.608. The average molecular weight is 261 g/mol. The van der Waals surface area contributed by atoms with Gasteiger partial charge in [-0.25, -0.2) is 4.79 Å². The Morgan fingerprint density at radius 2 is 2.21 bits per heavy atom. The van der Waals surface area contributed by atoms with Crippen molar-refractivity contribution in [2.24, 2.45) is 0 Å². The van der Waals surface area contributed by atoms with E-state index in [2.05, 4.69) is 0 Å². The lowest BCUT2D eigenvalue weighted by Gasteiger charge is -2.14. The van der Waals surface area contributed by atoms with Gasteiger partial charge in [-0.1, -0.05) is 24.3 Å². The predicted octanol–water partition coefficient (Wildman–Crippen LogP) is 2.96. The van der Waals surface area contributed by atoms with Crippen LogP contribution in [0.1, 0.15) is 31.2 Å². The van der Waals surface area contributed by atoms with Crippen LogP contribution in [-0.4, -0.2) is 17.5 Å². The minimum atomic E-state index is -0.406. The van der Waals surface area contributed by atoms with Gasteiger partial charge in [0.2, 0.25) is 0 Å². The maximum Gasteiger partial charge on any atom is 0.334 e. The second kappa shape index (κ2) is 5.65. The Bertz CT molecular complexity index is 536. The first-order valence-electron chi connectivity index (χ1n) is 6.25. The third kappa shape index (κ3) is 2.65. The molecule has 0 saturated heterocycles. The summed E-state index contributed by atoms with van der Waals surface area (Å²) in [7, 11) is 0. The van der Waals surface area contributed by atoms with Crippen molar-refractivity contribution in [1.82, 2.24) is 0 Å². The van der Waals surface area contributed by atoms with Gasteiger partial charge >= 0.3 is 5.97 Å². The molecule has 100 valence electrons. The molecule has 1 aromatic rings. The third-order valence-electron chi connectivity index (χ3n) is 3.22. The van der Waals surface area contributed by atoms with Gasteiger partial charge in [-0.15, -0.1) is 0 Å². The van der Waals surface area contributed by atoms with E-state index in [1.807, 2.05) is 6.08 Å². The number of nitro benzene ring substituents is 1. The fraction of sp³-hybridized carbons (Fsp3) is 0.357. The summed E-state index contributed by atoms with van der Waals surface area (Å²) in [6.07, 6.45) is 3.27. The van der Waals surface area contributed by atoms with Crippen molar-refractivity contribution in [3.63, 3.8) is 0 Å². The van der Waals surface area contributed by atoms with Gasteiger partial charge in [-0.05, 0) is 19.8 Å². The average Bonchev–Trinajstić information content (AvgIpc) is 2.88. The quantitative estimate of drug-likeness (QED) is 0.474. The SMILES string of the molecule is CCOC(=O)C1=CCCC1c1ccccc1[N+](=O)[O-]. The van der Waals surface area contributed by atoms with Crippen LogP contribution >= 0.6 is 0 Å². The minimum absolute atomic E-state index is 0.0598. The highest BCUT2D eigenvalue weighted by molar-refractivity contribution is 5.91. The zero-order chi connectivity index (χ0) is 13.8. The summed E-state index contributed by atoms with van der Waals surface area (Å²) in [5.41, 5.74) is 1.19. The number of esters is 1. The molecule has 1 aromatic carbocycles. The van der Waals surface area contributed by atoms with E-state index in [1.165, 1.54) is 6.07 Å². The Balaban J connectivity index is 2.34. The van der Waals surface area contributed by atoms with Crippen LogP contribution in [0.15, 0.2) is 35.9 Å². The molecule has 0 aliphatic heterocycles. The number of rotatable bonds is 4. The van der Waals surface area contributed by atoms with Crippen molar-refractivity contribution in [1.29, 1.82) is 0 Å². The van der Waals surface area contributed by atoms with Gasteiger partial charge in [0, 0.05) is 23.1 Å². The normalized spacial score (nSPS) is 17.9. The molecule has 0 fully saturated rings. The van der Waals surface area contributed by atoms with Crippen LogP contribution in [-0.2, 0) is 9.53 Å². The topological polar surface area (TPSA) is 69.4 Å². The van der Waals surface area contributed by atoms with E-state index in [0.717, 1.165) is 6.42 Å². The smallest absolute Gasteiger partial charge is 0.334 e. The van der Waals surface area contributed by atoms with Crippen molar-refractivity contribution in [2.45, 2.75) is 25.7 Å². The van der Waals surface area contributed by atoms with Crippen LogP contribution in [0.2, 0.25) is 0 Å². The molecule has 5 heteroatoms. The van der Waals surface area contributed by atoms with Crippen LogP contribution in [0.3, 0.4) is 0 Å². The molecule has 0 spiro atoms. The molecule has 1 aliphatic rings. The molecule has 0 saturated carbocycles. The first kappa shape index (κ1) is 13.3. The van der Waals surface area contributed by atoms with E-state index < -0.39 is 4.92 Å². The third-order valence-corrected chi connectivity index (χ3v) is 3.22. The molecule has 1 aliphatic carbocycles. The monoisotopic (exact) mass is 261 g/mol. The molecule has 0 amide bonds. The zero-order valence-electron chi connectivity index (χ0n) is 10.7. The van der Waals surface area contributed by atoms with Gasteiger partial charge in [0.1, 0.15) is 0 Å². The Hall–Kier alpha value is -2.17. The molecule has 0 aromatic heterocycles. The number of carbonyl (C=O) groups is 1. The summed E-state index contributed by atoms with van der Waals surface area (Å²) in [6.45, 7) is 2.05. The fourth-order valence-corrected chi connectivity index (χ4v) is 2.41. The van der Waals surface area contributed by atoms with Crippen molar-refractivity contribution in [3.05, 3.63) is 51.6 Å². The molecule has 0 bridgehead atoms. The van der Waals surface area contributed by atoms with Gasteiger partial charge in [-0.3, -0.25) is 10.1 Å².